The Kier molecular flexibility index (Phi) is 8.09. The summed E-state index contributed by atoms with van der Waals surface area (Å²) in [5.41, 5.74) is 4.61. The van der Waals surface area contributed by atoms with Gasteiger partial charge in [0, 0.05) is 35.6 Å². The highest BCUT2D eigenvalue weighted by atomic mass is 16.5. The van der Waals surface area contributed by atoms with Crippen LogP contribution in [0.4, 0.5) is 5.69 Å². The summed E-state index contributed by atoms with van der Waals surface area (Å²) in [6, 6.07) is 14.6. The molecule has 10 nitrogen and oxygen atoms in total. The van der Waals surface area contributed by atoms with Crippen molar-refractivity contribution < 1.29 is 33.3 Å². The maximum Gasteiger partial charge on any atom is 0.302 e. The second-order valence-corrected chi connectivity index (χ2v) is 9.93. The molecule has 1 aliphatic heterocycles. The third-order valence-electron chi connectivity index (χ3n) is 7.51. The Labute approximate surface area is 238 Å². The Morgan fingerprint density at radius 1 is 0.878 bits per heavy atom. The summed E-state index contributed by atoms with van der Waals surface area (Å²) in [7, 11) is 6.21. The van der Waals surface area contributed by atoms with E-state index in [0.717, 1.165) is 35.2 Å². The first-order chi connectivity index (χ1) is 19.8. The molecule has 214 valence electrons. The predicted molar refractivity (Wildman–Crippen MR) is 153 cm³/mol. The van der Waals surface area contributed by atoms with Crippen LogP contribution < -0.4 is 24.3 Å². The number of esters is 1. The van der Waals surface area contributed by atoms with Gasteiger partial charge in [0.2, 0.25) is 11.8 Å². The Morgan fingerprint density at radius 2 is 1.61 bits per heavy atom. The van der Waals surface area contributed by atoms with Crippen LogP contribution in [0.5, 0.6) is 23.3 Å². The van der Waals surface area contributed by atoms with E-state index in [1.165, 1.54) is 21.1 Å². The smallest absolute Gasteiger partial charge is 0.302 e. The number of nitrogens with one attached hydrogen (secondary N) is 1. The number of hydrogen-bond donors (Lipinski definition) is 1. The lowest BCUT2D eigenvalue weighted by molar-refractivity contribution is -0.148. The van der Waals surface area contributed by atoms with Gasteiger partial charge in [-0.2, -0.15) is 4.98 Å². The fourth-order valence-electron chi connectivity index (χ4n) is 5.58. The number of hydrogen-bond acceptors (Lipinski definition) is 9. The number of amides is 1. The Hall–Kier alpha value is -4.60. The minimum Gasteiger partial charge on any atom is -0.493 e. The van der Waals surface area contributed by atoms with Crippen molar-refractivity contribution in [2.24, 2.45) is 4.99 Å². The zero-order valence-electron chi connectivity index (χ0n) is 23.7. The molecule has 2 aliphatic rings. The number of ether oxygens (including phenoxy) is 5. The number of benzene rings is 2. The molecule has 0 saturated heterocycles. The van der Waals surface area contributed by atoms with Crippen LogP contribution in [0, 0.1) is 0 Å². The molecule has 1 fully saturated rings. The minimum atomic E-state index is -0.303. The highest BCUT2D eigenvalue weighted by Gasteiger charge is 2.38. The lowest BCUT2D eigenvalue weighted by Crippen LogP contribution is -2.36. The van der Waals surface area contributed by atoms with Crippen molar-refractivity contribution in [1.29, 1.82) is 0 Å². The zero-order chi connectivity index (χ0) is 29.1. The Balaban J connectivity index is 1.45. The van der Waals surface area contributed by atoms with Gasteiger partial charge in [-0.1, -0.05) is 12.1 Å². The summed E-state index contributed by atoms with van der Waals surface area (Å²) in [6.07, 6.45) is 2.08. The molecule has 0 radical (unpaired) electrons. The lowest BCUT2D eigenvalue weighted by atomic mass is 9.74. The molecule has 3 atom stereocenters. The monoisotopic (exact) mass is 559 g/mol. The summed E-state index contributed by atoms with van der Waals surface area (Å²) in [5.74, 6) is 1.37. The van der Waals surface area contributed by atoms with E-state index < -0.39 is 0 Å². The number of fused-ring (bicyclic) bond motifs is 3. The Morgan fingerprint density at radius 3 is 2.27 bits per heavy atom. The number of carbonyl (C=O) groups excluding carboxylic acids is 2. The maximum absolute atomic E-state index is 13.0. The number of methoxy groups -OCH3 is 4. The quantitative estimate of drug-likeness (QED) is 0.392. The average Bonchev–Trinajstić information content (AvgIpc) is 2.99. The van der Waals surface area contributed by atoms with Crippen LogP contribution in [-0.4, -0.2) is 63.2 Å². The molecule has 1 N–H and O–H groups in total. The van der Waals surface area contributed by atoms with Gasteiger partial charge in [-0.15, -0.1) is 0 Å². The zero-order valence-corrected chi connectivity index (χ0v) is 23.7. The van der Waals surface area contributed by atoms with Crippen LogP contribution in [-0.2, 0) is 9.53 Å². The van der Waals surface area contributed by atoms with Crippen molar-refractivity contribution in [3.63, 3.8) is 0 Å². The molecule has 1 saturated carbocycles. The number of carbonyl (C=O) groups is 2. The van der Waals surface area contributed by atoms with Gasteiger partial charge < -0.3 is 29.0 Å². The van der Waals surface area contributed by atoms with Gasteiger partial charge in [-0.05, 0) is 55.2 Å². The van der Waals surface area contributed by atoms with E-state index >= 15 is 0 Å². The summed E-state index contributed by atoms with van der Waals surface area (Å²) < 4.78 is 27.2. The maximum atomic E-state index is 13.0. The summed E-state index contributed by atoms with van der Waals surface area (Å²) in [4.78, 5) is 34.1. The second kappa shape index (κ2) is 11.9. The van der Waals surface area contributed by atoms with Gasteiger partial charge >= 0.3 is 5.97 Å². The van der Waals surface area contributed by atoms with Crippen LogP contribution in [0.25, 0.3) is 0 Å². The van der Waals surface area contributed by atoms with Crippen LogP contribution in [0.15, 0.2) is 53.5 Å². The van der Waals surface area contributed by atoms with E-state index in [9.17, 15) is 9.59 Å². The third kappa shape index (κ3) is 5.68. The minimum absolute atomic E-state index is 0.0282. The van der Waals surface area contributed by atoms with Gasteiger partial charge in [-0.3, -0.25) is 14.6 Å². The fraction of sp³-hybridized carbons (Fsp3) is 0.355. The normalized spacial score (nSPS) is 19.1. The second-order valence-electron chi connectivity index (χ2n) is 9.93. The van der Waals surface area contributed by atoms with E-state index in [0.29, 0.717) is 35.1 Å². The van der Waals surface area contributed by atoms with Crippen molar-refractivity contribution in [2.45, 2.75) is 44.2 Å². The molecule has 3 aromatic rings. The number of rotatable bonds is 8. The molecule has 1 aromatic heterocycles. The van der Waals surface area contributed by atoms with Crippen molar-refractivity contribution >= 4 is 23.3 Å². The highest BCUT2D eigenvalue weighted by molar-refractivity contribution is 6.15. The van der Waals surface area contributed by atoms with Gasteiger partial charge in [0.25, 0.3) is 5.91 Å². The molecule has 2 heterocycles. The fourth-order valence-corrected chi connectivity index (χ4v) is 5.58. The van der Waals surface area contributed by atoms with Crippen LogP contribution in [0.2, 0.25) is 0 Å². The number of anilines is 1. The molecule has 3 unspecified atom stereocenters. The molecule has 0 bridgehead atoms. The van der Waals surface area contributed by atoms with Crippen LogP contribution >= 0.6 is 0 Å². The predicted octanol–water partition coefficient (Wildman–Crippen LogP) is 4.79. The van der Waals surface area contributed by atoms with Crippen LogP contribution in [0.1, 0.15) is 59.2 Å². The van der Waals surface area contributed by atoms with Gasteiger partial charge in [0.15, 0.2) is 11.5 Å². The van der Waals surface area contributed by atoms with Gasteiger partial charge in [-0.25, -0.2) is 0 Å². The number of aromatic nitrogens is 1. The highest BCUT2D eigenvalue weighted by Crippen LogP contribution is 2.45. The molecule has 0 spiro atoms. The molecule has 2 aromatic carbocycles. The number of nitrogens with zero attached hydrogens (tertiary/aromatic N) is 2. The van der Waals surface area contributed by atoms with E-state index in [4.69, 9.17) is 28.7 Å². The first-order valence-electron chi connectivity index (χ1n) is 13.4. The van der Waals surface area contributed by atoms with E-state index in [1.54, 1.807) is 38.5 Å². The lowest BCUT2D eigenvalue weighted by Gasteiger charge is -2.38. The molecule has 1 amide bonds. The van der Waals surface area contributed by atoms with Gasteiger partial charge in [0.1, 0.15) is 11.8 Å². The first kappa shape index (κ1) is 27.9. The summed E-state index contributed by atoms with van der Waals surface area (Å²) in [5, 5.41) is 2.85. The summed E-state index contributed by atoms with van der Waals surface area (Å²) in [6.45, 7) is 1.44. The molecular weight excluding hydrogens is 526 g/mol. The molecular formula is C31H33N3O7. The van der Waals surface area contributed by atoms with Crippen molar-refractivity contribution in [3.05, 3.63) is 70.8 Å². The largest absolute Gasteiger partial charge is 0.493 e. The van der Waals surface area contributed by atoms with E-state index in [2.05, 4.69) is 10.3 Å². The number of aliphatic imine (C=N–C) groups is 1. The molecule has 10 heteroatoms. The van der Waals surface area contributed by atoms with Crippen molar-refractivity contribution in [3.8, 4) is 23.3 Å². The van der Waals surface area contributed by atoms with Gasteiger partial charge in [0.05, 0.1) is 40.2 Å². The van der Waals surface area contributed by atoms with E-state index in [1.807, 2.05) is 24.3 Å². The number of pyridine rings is 1. The first-order valence-corrected chi connectivity index (χ1v) is 13.4. The average molecular weight is 560 g/mol. The third-order valence-corrected chi connectivity index (χ3v) is 7.51. The summed E-state index contributed by atoms with van der Waals surface area (Å²) >= 11 is 0. The molecule has 1 aliphatic carbocycles. The standard InChI is InChI=1S/C31H33N3O7/c1-17(35)41-20-10-11-24-22(14-20)21-15-26(37-2)27(38-3)16-23(21)29(32-24)18-6-8-19(9-7-18)30(36)33-25-12-13-28(39-4)34-31(25)40-5/h6-9,12-13,15-16,20,22,24H,10-11,14H2,1-5H3,(H,33,36). The van der Waals surface area contributed by atoms with Crippen molar-refractivity contribution in [2.75, 3.05) is 33.8 Å². The topological polar surface area (TPSA) is 118 Å². The Bertz CT molecular complexity index is 1490. The SMILES string of the molecule is COc1ccc(NC(=O)c2ccc(C3=NC4CCC(OC(C)=O)CC4c4cc(OC)c(OC)cc43)cc2)c(OC)n1. The van der Waals surface area contributed by atoms with Crippen LogP contribution in [0.3, 0.4) is 0 Å². The van der Waals surface area contributed by atoms with E-state index in [-0.39, 0.29) is 35.8 Å². The molecule has 41 heavy (non-hydrogen) atoms. The van der Waals surface area contributed by atoms with Crippen molar-refractivity contribution in [1.82, 2.24) is 4.98 Å². The molecule has 5 rings (SSSR count).